The van der Waals surface area contributed by atoms with E-state index in [1.165, 1.54) is 31.4 Å². The van der Waals surface area contributed by atoms with E-state index in [4.69, 9.17) is 0 Å². The first-order valence-electron chi connectivity index (χ1n) is 6.91. The van der Waals surface area contributed by atoms with Crippen LogP contribution in [0.2, 0.25) is 0 Å². The van der Waals surface area contributed by atoms with Gasteiger partial charge in [0.05, 0.1) is 5.69 Å². The molecule has 0 bridgehead atoms. The van der Waals surface area contributed by atoms with Crippen LogP contribution in [0.4, 0.5) is 0 Å². The fourth-order valence-electron chi connectivity index (χ4n) is 2.87. The molecule has 96 valence electrons. The minimum Gasteiger partial charge on any atom is -0.314 e. The van der Waals surface area contributed by atoms with Crippen molar-refractivity contribution < 1.29 is 0 Å². The van der Waals surface area contributed by atoms with Gasteiger partial charge in [0.1, 0.15) is 0 Å². The number of aryl methyl sites for hydroxylation is 3. The van der Waals surface area contributed by atoms with Gasteiger partial charge in [-0.05, 0) is 51.6 Å². The summed E-state index contributed by atoms with van der Waals surface area (Å²) in [5.41, 5.74) is 2.40. The maximum absolute atomic E-state index is 4.48. The molecule has 17 heavy (non-hydrogen) atoms. The second-order valence-corrected chi connectivity index (χ2v) is 5.47. The molecular weight excluding hydrogens is 210 g/mol. The second kappa shape index (κ2) is 5.67. The van der Waals surface area contributed by atoms with Crippen molar-refractivity contribution in [3.63, 3.8) is 0 Å². The lowest BCUT2D eigenvalue weighted by Crippen LogP contribution is -2.32. The van der Waals surface area contributed by atoms with Crippen molar-refractivity contribution in [2.45, 2.75) is 59.0 Å². The van der Waals surface area contributed by atoms with Crippen LogP contribution in [0.3, 0.4) is 0 Å². The van der Waals surface area contributed by atoms with Crippen LogP contribution in [0.5, 0.6) is 0 Å². The highest BCUT2D eigenvalue weighted by atomic mass is 15.3. The van der Waals surface area contributed by atoms with E-state index in [1.54, 1.807) is 0 Å². The average molecular weight is 235 g/mol. The predicted molar refractivity (Wildman–Crippen MR) is 71.1 cm³/mol. The van der Waals surface area contributed by atoms with Crippen molar-refractivity contribution in [1.82, 2.24) is 15.1 Å². The number of aromatic nitrogens is 2. The van der Waals surface area contributed by atoms with Crippen LogP contribution in [-0.4, -0.2) is 22.4 Å². The minimum absolute atomic E-state index is 0.760. The summed E-state index contributed by atoms with van der Waals surface area (Å²) >= 11 is 0. The van der Waals surface area contributed by atoms with E-state index in [0.29, 0.717) is 0 Å². The normalized spacial score (nSPS) is 24.4. The Kier molecular flexibility index (Phi) is 4.21. The maximum atomic E-state index is 4.48. The van der Waals surface area contributed by atoms with Crippen LogP contribution >= 0.6 is 0 Å². The van der Waals surface area contributed by atoms with Crippen molar-refractivity contribution in [2.24, 2.45) is 5.92 Å². The lowest BCUT2D eigenvalue weighted by molar-refractivity contribution is 0.412. The fourth-order valence-corrected chi connectivity index (χ4v) is 2.87. The molecule has 2 atom stereocenters. The molecule has 1 fully saturated rings. The highest BCUT2D eigenvalue weighted by Crippen LogP contribution is 2.24. The van der Waals surface area contributed by atoms with Crippen LogP contribution in [-0.2, 0) is 6.54 Å². The molecule has 0 amide bonds. The van der Waals surface area contributed by atoms with E-state index in [9.17, 15) is 0 Å². The summed E-state index contributed by atoms with van der Waals surface area (Å²) in [6, 6.07) is 2.90. The molecule has 1 heterocycles. The Labute approximate surface area is 105 Å². The van der Waals surface area contributed by atoms with Crippen LogP contribution in [0, 0.1) is 19.8 Å². The Morgan fingerprint density at radius 2 is 2.24 bits per heavy atom. The molecule has 2 rings (SSSR count). The molecule has 1 aliphatic rings. The van der Waals surface area contributed by atoms with Crippen molar-refractivity contribution in [1.29, 1.82) is 0 Å². The number of nitrogens with zero attached hydrogens (tertiary/aromatic N) is 2. The third kappa shape index (κ3) is 3.32. The number of rotatable bonds is 5. The van der Waals surface area contributed by atoms with Crippen molar-refractivity contribution in [3.05, 3.63) is 17.5 Å². The predicted octanol–water partition coefficient (Wildman–Crippen LogP) is 2.67. The zero-order valence-electron chi connectivity index (χ0n) is 11.4. The molecule has 0 aromatic carbocycles. The zero-order chi connectivity index (χ0) is 12.3. The van der Waals surface area contributed by atoms with E-state index >= 15 is 0 Å². The molecule has 2 unspecified atom stereocenters. The Morgan fingerprint density at radius 3 is 2.82 bits per heavy atom. The molecular formula is C14H25N3. The standard InChI is InChI=1S/C14H25N3/c1-11-6-4-7-14(11)15-8-5-9-17-13(3)10-12(2)16-17/h10-11,14-15H,4-9H2,1-3H3. The van der Waals surface area contributed by atoms with E-state index in [1.807, 2.05) is 0 Å². The summed E-state index contributed by atoms with van der Waals surface area (Å²) in [5, 5.41) is 8.17. The first-order valence-corrected chi connectivity index (χ1v) is 6.91. The number of nitrogens with one attached hydrogen (secondary N) is 1. The smallest absolute Gasteiger partial charge is 0.0596 e. The van der Waals surface area contributed by atoms with Gasteiger partial charge >= 0.3 is 0 Å². The SMILES string of the molecule is Cc1cc(C)n(CCCNC2CCCC2C)n1. The van der Waals surface area contributed by atoms with Crippen LogP contribution < -0.4 is 5.32 Å². The lowest BCUT2D eigenvalue weighted by Gasteiger charge is -2.17. The molecule has 1 saturated carbocycles. The van der Waals surface area contributed by atoms with E-state index in [2.05, 4.69) is 41.9 Å². The fraction of sp³-hybridized carbons (Fsp3) is 0.786. The third-order valence-electron chi connectivity index (χ3n) is 3.92. The number of hydrogen-bond acceptors (Lipinski definition) is 2. The van der Waals surface area contributed by atoms with E-state index < -0.39 is 0 Å². The summed E-state index contributed by atoms with van der Waals surface area (Å²) in [4.78, 5) is 0. The molecule has 0 radical (unpaired) electrons. The van der Waals surface area contributed by atoms with Gasteiger partial charge in [-0.3, -0.25) is 4.68 Å². The Hall–Kier alpha value is -0.830. The van der Waals surface area contributed by atoms with Crippen molar-refractivity contribution in [3.8, 4) is 0 Å². The summed E-state index contributed by atoms with van der Waals surface area (Å²) in [7, 11) is 0. The molecule has 1 aromatic heterocycles. The van der Waals surface area contributed by atoms with Crippen LogP contribution in [0.25, 0.3) is 0 Å². The first-order chi connectivity index (χ1) is 8.16. The Balaban J connectivity index is 1.68. The van der Waals surface area contributed by atoms with Crippen LogP contribution in [0.1, 0.15) is 44.0 Å². The molecule has 3 heteroatoms. The van der Waals surface area contributed by atoms with E-state index in [0.717, 1.165) is 30.7 Å². The summed E-state index contributed by atoms with van der Waals surface area (Å²) < 4.78 is 2.12. The molecule has 0 saturated heterocycles. The van der Waals surface area contributed by atoms with Gasteiger partial charge in [0.25, 0.3) is 0 Å². The topological polar surface area (TPSA) is 29.9 Å². The van der Waals surface area contributed by atoms with Crippen molar-refractivity contribution in [2.75, 3.05) is 6.54 Å². The van der Waals surface area contributed by atoms with Gasteiger partial charge in [-0.2, -0.15) is 5.10 Å². The van der Waals surface area contributed by atoms with Gasteiger partial charge in [0.2, 0.25) is 0 Å². The Morgan fingerprint density at radius 1 is 1.41 bits per heavy atom. The summed E-state index contributed by atoms with van der Waals surface area (Å²) in [6.07, 6.45) is 5.33. The van der Waals surface area contributed by atoms with Gasteiger partial charge in [0.15, 0.2) is 0 Å². The van der Waals surface area contributed by atoms with E-state index in [-0.39, 0.29) is 0 Å². The lowest BCUT2D eigenvalue weighted by atomic mass is 10.1. The first kappa shape index (κ1) is 12.6. The Bertz CT molecular complexity index is 356. The molecule has 0 spiro atoms. The van der Waals surface area contributed by atoms with Crippen LogP contribution in [0.15, 0.2) is 6.07 Å². The van der Waals surface area contributed by atoms with Gasteiger partial charge in [-0.15, -0.1) is 0 Å². The third-order valence-corrected chi connectivity index (χ3v) is 3.92. The van der Waals surface area contributed by atoms with Gasteiger partial charge in [-0.1, -0.05) is 13.3 Å². The highest BCUT2D eigenvalue weighted by Gasteiger charge is 2.21. The van der Waals surface area contributed by atoms with Gasteiger partial charge < -0.3 is 5.32 Å². The maximum Gasteiger partial charge on any atom is 0.0596 e. The average Bonchev–Trinajstić information content (AvgIpc) is 2.81. The molecule has 1 N–H and O–H groups in total. The highest BCUT2D eigenvalue weighted by molar-refractivity contribution is 5.06. The molecule has 3 nitrogen and oxygen atoms in total. The number of hydrogen-bond donors (Lipinski definition) is 1. The largest absolute Gasteiger partial charge is 0.314 e. The summed E-state index contributed by atoms with van der Waals surface area (Å²) in [5.74, 6) is 0.865. The molecule has 0 aliphatic heterocycles. The molecule has 1 aromatic rings. The van der Waals surface area contributed by atoms with Crippen molar-refractivity contribution >= 4 is 0 Å². The van der Waals surface area contributed by atoms with Gasteiger partial charge in [0, 0.05) is 18.3 Å². The minimum atomic E-state index is 0.760. The second-order valence-electron chi connectivity index (χ2n) is 5.47. The van der Waals surface area contributed by atoms with Gasteiger partial charge in [-0.25, -0.2) is 0 Å². The quantitative estimate of drug-likeness (QED) is 0.795. The monoisotopic (exact) mass is 235 g/mol. The summed E-state index contributed by atoms with van der Waals surface area (Å²) in [6.45, 7) is 8.71. The molecule has 1 aliphatic carbocycles. The zero-order valence-corrected chi connectivity index (χ0v) is 11.4.